The molecule has 0 aliphatic carbocycles. The van der Waals surface area contributed by atoms with Crippen molar-refractivity contribution in [2.75, 3.05) is 5.75 Å². The fourth-order valence-corrected chi connectivity index (χ4v) is 1.30. The summed E-state index contributed by atoms with van der Waals surface area (Å²) in [6.45, 7) is 7.63. The monoisotopic (exact) mass is 158 g/mol. The van der Waals surface area contributed by atoms with Crippen molar-refractivity contribution in [3.05, 3.63) is 12.7 Å². The van der Waals surface area contributed by atoms with Gasteiger partial charge in [0.15, 0.2) is 5.12 Å². The summed E-state index contributed by atoms with van der Waals surface area (Å²) in [6.07, 6.45) is 2.43. The van der Waals surface area contributed by atoms with E-state index in [1.54, 1.807) is 6.08 Å². The number of carbonyl (C=O) groups excluding carboxylic acids is 1. The maximum Gasteiger partial charge on any atom is 0.189 e. The Hall–Kier alpha value is -0.240. The highest BCUT2D eigenvalue weighted by molar-refractivity contribution is 8.13. The number of carbonyl (C=O) groups is 1. The van der Waals surface area contributed by atoms with Crippen molar-refractivity contribution in [2.45, 2.75) is 20.3 Å². The molecule has 0 bridgehead atoms. The van der Waals surface area contributed by atoms with Gasteiger partial charge < -0.3 is 0 Å². The first-order chi connectivity index (χ1) is 4.66. The molecule has 0 rings (SSSR count). The molecule has 0 atom stereocenters. The first-order valence-corrected chi connectivity index (χ1v) is 4.42. The van der Waals surface area contributed by atoms with Crippen LogP contribution in [0.2, 0.25) is 0 Å². The molecule has 0 unspecified atom stereocenters. The zero-order valence-electron chi connectivity index (χ0n) is 6.59. The molecule has 0 saturated carbocycles. The van der Waals surface area contributed by atoms with E-state index in [1.807, 2.05) is 13.8 Å². The van der Waals surface area contributed by atoms with Crippen molar-refractivity contribution in [1.29, 1.82) is 0 Å². The van der Waals surface area contributed by atoms with Gasteiger partial charge in [-0.05, 0) is 5.92 Å². The van der Waals surface area contributed by atoms with Gasteiger partial charge in [0.1, 0.15) is 0 Å². The predicted octanol–water partition coefficient (Wildman–Crippen LogP) is 2.48. The van der Waals surface area contributed by atoms with E-state index in [2.05, 4.69) is 6.58 Å². The van der Waals surface area contributed by atoms with Crippen LogP contribution in [-0.2, 0) is 4.79 Å². The minimum absolute atomic E-state index is 0.273. The van der Waals surface area contributed by atoms with E-state index in [-0.39, 0.29) is 5.12 Å². The first-order valence-electron chi connectivity index (χ1n) is 3.43. The van der Waals surface area contributed by atoms with Gasteiger partial charge in [0, 0.05) is 12.2 Å². The number of hydrogen-bond donors (Lipinski definition) is 0. The molecule has 58 valence electrons. The minimum Gasteiger partial charge on any atom is -0.287 e. The molecule has 0 spiro atoms. The summed E-state index contributed by atoms with van der Waals surface area (Å²) in [5.41, 5.74) is 0. The van der Waals surface area contributed by atoms with Crippen molar-refractivity contribution in [3.8, 4) is 0 Å². The van der Waals surface area contributed by atoms with Crippen molar-refractivity contribution in [1.82, 2.24) is 0 Å². The second kappa shape index (κ2) is 5.54. The number of thioether (sulfide) groups is 1. The number of hydrogen-bond acceptors (Lipinski definition) is 2. The van der Waals surface area contributed by atoms with Gasteiger partial charge in [-0.25, -0.2) is 0 Å². The molecule has 0 saturated heterocycles. The summed E-state index contributed by atoms with van der Waals surface area (Å²) in [6, 6.07) is 0. The lowest BCUT2D eigenvalue weighted by molar-refractivity contribution is -0.111. The van der Waals surface area contributed by atoms with Gasteiger partial charge in [0.25, 0.3) is 0 Å². The fourth-order valence-electron chi connectivity index (χ4n) is 0.544. The Labute approximate surface area is 66.9 Å². The van der Waals surface area contributed by atoms with Crippen LogP contribution in [0, 0.1) is 5.92 Å². The zero-order valence-corrected chi connectivity index (χ0v) is 7.41. The molecule has 0 heterocycles. The molecule has 0 aliphatic rings. The quantitative estimate of drug-likeness (QED) is 0.585. The van der Waals surface area contributed by atoms with Crippen molar-refractivity contribution >= 4 is 16.9 Å². The van der Waals surface area contributed by atoms with Crippen LogP contribution in [0.25, 0.3) is 0 Å². The van der Waals surface area contributed by atoms with E-state index < -0.39 is 0 Å². The van der Waals surface area contributed by atoms with E-state index in [0.29, 0.717) is 12.3 Å². The Morgan fingerprint density at radius 3 is 2.70 bits per heavy atom. The third kappa shape index (κ3) is 5.89. The van der Waals surface area contributed by atoms with E-state index in [4.69, 9.17) is 0 Å². The molecule has 1 nitrogen and oxygen atoms in total. The summed E-state index contributed by atoms with van der Waals surface area (Å²) in [5, 5.41) is 0.273. The Morgan fingerprint density at radius 1 is 1.70 bits per heavy atom. The Balaban J connectivity index is 3.34. The van der Waals surface area contributed by atoms with Crippen LogP contribution in [-0.4, -0.2) is 10.9 Å². The molecule has 0 radical (unpaired) electrons. The third-order valence-corrected chi connectivity index (χ3v) is 1.83. The molecular formula is C8H14OS. The standard InChI is InChI=1S/C8H14OS/c1-4-5-10-8(9)6-7(2)3/h4,7H,1,5-6H2,2-3H3. The maximum absolute atomic E-state index is 10.9. The van der Waals surface area contributed by atoms with Crippen molar-refractivity contribution in [2.24, 2.45) is 5.92 Å². The van der Waals surface area contributed by atoms with Crippen LogP contribution in [0.1, 0.15) is 20.3 Å². The molecule has 0 aromatic rings. The van der Waals surface area contributed by atoms with Crippen LogP contribution in [0.15, 0.2) is 12.7 Å². The largest absolute Gasteiger partial charge is 0.287 e. The zero-order chi connectivity index (χ0) is 7.98. The summed E-state index contributed by atoms with van der Waals surface area (Å²) >= 11 is 1.35. The summed E-state index contributed by atoms with van der Waals surface area (Å²) in [5.74, 6) is 1.22. The van der Waals surface area contributed by atoms with Gasteiger partial charge in [0.2, 0.25) is 0 Å². The Kier molecular flexibility index (Phi) is 5.40. The van der Waals surface area contributed by atoms with E-state index >= 15 is 0 Å². The van der Waals surface area contributed by atoms with Gasteiger partial charge in [-0.1, -0.05) is 31.7 Å². The summed E-state index contributed by atoms with van der Waals surface area (Å²) < 4.78 is 0. The van der Waals surface area contributed by atoms with Crippen LogP contribution in [0.5, 0.6) is 0 Å². The second-order valence-electron chi connectivity index (χ2n) is 2.57. The predicted molar refractivity (Wildman–Crippen MR) is 47.1 cm³/mol. The Morgan fingerprint density at radius 2 is 2.30 bits per heavy atom. The lowest BCUT2D eigenvalue weighted by Crippen LogP contribution is -1.97. The fraction of sp³-hybridized carbons (Fsp3) is 0.625. The molecular weight excluding hydrogens is 144 g/mol. The lowest BCUT2D eigenvalue weighted by atomic mass is 10.2. The van der Waals surface area contributed by atoms with E-state index in [9.17, 15) is 4.79 Å². The highest BCUT2D eigenvalue weighted by Gasteiger charge is 2.03. The highest BCUT2D eigenvalue weighted by atomic mass is 32.2. The van der Waals surface area contributed by atoms with E-state index in [0.717, 1.165) is 5.75 Å². The summed E-state index contributed by atoms with van der Waals surface area (Å²) in [4.78, 5) is 10.9. The average Bonchev–Trinajstić information content (AvgIpc) is 1.82. The van der Waals surface area contributed by atoms with Gasteiger partial charge in [-0.3, -0.25) is 4.79 Å². The smallest absolute Gasteiger partial charge is 0.189 e. The Bertz CT molecular complexity index is 118. The van der Waals surface area contributed by atoms with Gasteiger partial charge in [-0.2, -0.15) is 0 Å². The van der Waals surface area contributed by atoms with Gasteiger partial charge >= 0.3 is 0 Å². The molecule has 0 aliphatic heterocycles. The highest BCUT2D eigenvalue weighted by Crippen LogP contribution is 2.10. The molecule has 0 N–H and O–H groups in total. The first kappa shape index (κ1) is 9.76. The third-order valence-electron chi connectivity index (χ3n) is 0.937. The van der Waals surface area contributed by atoms with Crippen LogP contribution in [0.4, 0.5) is 0 Å². The van der Waals surface area contributed by atoms with Crippen LogP contribution >= 0.6 is 11.8 Å². The molecule has 2 heteroatoms. The van der Waals surface area contributed by atoms with Gasteiger partial charge in [-0.15, -0.1) is 6.58 Å². The molecule has 0 amide bonds. The van der Waals surface area contributed by atoms with Crippen molar-refractivity contribution < 1.29 is 4.79 Å². The van der Waals surface area contributed by atoms with Gasteiger partial charge in [0.05, 0.1) is 0 Å². The molecule has 0 fully saturated rings. The van der Waals surface area contributed by atoms with Crippen molar-refractivity contribution in [3.63, 3.8) is 0 Å². The molecule has 10 heavy (non-hydrogen) atoms. The molecule has 0 aromatic heterocycles. The average molecular weight is 158 g/mol. The maximum atomic E-state index is 10.9. The summed E-state index contributed by atoms with van der Waals surface area (Å²) in [7, 11) is 0. The topological polar surface area (TPSA) is 17.1 Å². The number of rotatable bonds is 4. The van der Waals surface area contributed by atoms with E-state index in [1.165, 1.54) is 11.8 Å². The molecule has 0 aromatic carbocycles. The minimum atomic E-state index is 0.273. The SMILES string of the molecule is C=CCSC(=O)CC(C)C. The normalized spacial score (nSPS) is 9.90. The van der Waals surface area contributed by atoms with Crippen LogP contribution in [0.3, 0.4) is 0 Å². The van der Waals surface area contributed by atoms with Crippen LogP contribution < -0.4 is 0 Å². The second-order valence-corrected chi connectivity index (χ2v) is 3.65. The lowest BCUT2D eigenvalue weighted by Gasteiger charge is -2.00.